The summed E-state index contributed by atoms with van der Waals surface area (Å²) in [6.07, 6.45) is 0. The maximum absolute atomic E-state index is 11.4. The summed E-state index contributed by atoms with van der Waals surface area (Å²) in [5, 5.41) is 6.29. The fourth-order valence-corrected chi connectivity index (χ4v) is 2.71. The van der Waals surface area contributed by atoms with Gasteiger partial charge < -0.3 is 5.73 Å². The summed E-state index contributed by atoms with van der Waals surface area (Å²) in [5.41, 5.74) is 6.46. The largest absolute Gasteiger partial charge is 0.377 e. The maximum Gasteiger partial charge on any atom is 0.241 e. The lowest BCUT2D eigenvalue weighted by Crippen LogP contribution is -2.23. The standard InChI is InChI=1S/C10H9Cl2N3OS/c1-5(16)15-9(17-10(13)14-15)6-2-3-7(11)8(12)4-6/h2-4,9H,1H3,(H2,13,14)/t9-/m1/s1. The van der Waals surface area contributed by atoms with Crippen LogP contribution in [0, 0.1) is 0 Å². The van der Waals surface area contributed by atoms with Crippen molar-refractivity contribution in [3.8, 4) is 0 Å². The van der Waals surface area contributed by atoms with Crippen molar-refractivity contribution >= 4 is 46.0 Å². The summed E-state index contributed by atoms with van der Waals surface area (Å²) >= 11 is 13.1. The van der Waals surface area contributed by atoms with Crippen molar-refractivity contribution in [1.82, 2.24) is 5.01 Å². The fourth-order valence-electron chi connectivity index (χ4n) is 1.46. The third kappa shape index (κ3) is 2.51. The van der Waals surface area contributed by atoms with E-state index in [0.29, 0.717) is 15.2 Å². The van der Waals surface area contributed by atoms with E-state index >= 15 is 0 Å². The molecule has 1 atom stereocenters. The van der Waals surface area contributed by atoms with Crippen LogP contribution in [0.15, 0.2) is 23.3 Å². The average molecular weight is 290 g/mol. The van der Waals surface area contributed by atoms with Crippen molar-refractivity contribution in [3.05, 3.63) is 33.8 Å². The first-order valence-corrected chi connectivity index (χ1v) is 6.38. The Morgan fingerprint density at radius 3 is 2.76 bits per heavy atom. The number of hydrazone groups is 1. The van der Waals surface area contributed by atoms with Crippen molar-refractivity contribution in [1.29, 1.82) is 0 Å². The Hall–Kier alpha value is -0.910. The van der Waals surface area contributed by atoms with Crippen LogP contribution in [0.2, 0.25) is 10.0 Å². The monoisotopic (exact) mass is 289 g/mol. The van der Waals surface area contributed by atoms with Crippen molar-refractivity contribution in [2.45, 2.75) is 12.3 Å². The van der Waals surface area contributed by atoms with Crippen LogP contribution in [-0.2, 0) is 4.79 Å². The number of hydrogen-bond donors (Lipinski definition) is 1. The van der Waals surface area contributed by atoms with E-state index in [1.54, 1.807) is 18.2 Å². The molecule has 0 radical (unpaired) electrons. The Balaban J connectivity index is 2.34. The van der Waals surface area contributed by atoms with Crippen molar-refractivity contribution in [3.63, 3.8) is 0 Å². The molecule has 0 spiro atoms. The molecule has 1 amide bonds. The van der Waals surface area contributed by atoms with E-state index in [0.717, 1.165) is 5.56 Å². The third-order valence-electron chi connectivity index (χ3n) is 2.21. The number of carbonyl (C=O) groups excluding carboxylic acids is 1. The van der Waals surface area contributed by atoms with Gasteiger partial charge in [0, 0.05) is 6.92 Å². The van der Waals surface area contributed by atoms with Gasteiger partial charge in [-0.05, 0) is 17.7 Å². The van der Waals surface area contributed by atoms with Crippen molar-refractivity contribution < 1.29 is 4.79 Å². The molecule has 7 heteroatoms. The lowest BCUT2D eigenvalue weighted by Gasteiger charge is -2.19. The molecule has 0 saturated heterocycles. The molecule has 2 N–H and O–H groups in total. The van der Waals surface area contributed by atoms with Gasteiger partial charge >= 0.3 is 0 Å². The lowest BCUT2D eigenvalue weighted by atomic mass is 10.2. The number of nitrogens with zero attached hydrogens (tertiary/aromatic N) is 2. The molecule has 0 aliphatic carbocycles. The molecule has 4 nitrogen and oxygen atoms in total. The van der Waals surface area contributed by atoms with Crippen molar-refractivity contribution in [2.24, 2.45) is 10.8 Å². The number of halogens is 2. The highest BCUT2D eigenvalue weighted by Crippen LogP contribution is 2.39. The van der Waals surface area contributed by atoms with Crippen LogP contribution in [0.5, 0.6) is 0 Å². The van der Waals surface area contributed by atoms with Gasteiger partial charge in [0.05, 0.1) is 10.0 Å². The Kier molecular flexibility index (Phi) is 3.51. The first-order valence-electron chi connectivity index (χ1n) is 4.74. The molecule has 1 aromatic carbocycles. The van der Waals surface area contributed by atoms with Gasteiger partial charge in [0.25, 0.3) is 0 Å². The predicted octanol–water partition coefficient (Wildman–Crippen LogP) is 2.82. The van der Waals surface area contributed by atoms with Gasteiger partial charge in [-0.15, -0.1) is 5.10 Å². The second-order valence-corrected chi connectivity index (χ2v) is 5.36. The summed E-state index contributed by atoms with van der Waals surface area (Å²) in [6, 6.07) is 5.20. The normalized spacial score (nSPS) is 19.4. The summed E-state index contributed by atoms with van der Waals surface area (Å²) in [4.78, 5) is 11.4. The van der Waals surface area contributed by atoms with Crippen LogP contribution in [-0.4, -0.2) is 16.1 Å². The number of amides is 1. The van der Waals surface area contributed by atoms with Crippen LogP contribution >= 0.6 is 35.0 Å². The van der Waals surface area contributed by atoms with Gasteiger partial charge in [-0.2, -0.15) is 0 Å². The minimum absolute atomic E-state index is 0.172. The van der Waals surface area contributed by atoms with E-state index in [1.165, 1.54) is 23.7 Å². The van der Waals surface area contributed by atoms with Crippen LogP contribution < -0.4 is 5.73 Å². The Morgan fingerprint density at radius 1 is 1.47 bits per heavy atom. The van der Waals surface area contributed by atoms with Crippen LogP contribution in [0.3, 0.4) is 0 Å². The lowest BCUT2D eigenvalue weighted by molar-refractivity contribution is -0.129. The molecule has 2 rings (SSSR count). The number of rotatable bonds is 1. The number of carbonyl (C=O) groups is 1. The SMILES string of the molecule is CC(=O)N1N=C(N)S[C@@H]1c1ccc(Cl)c(Cl)c1. The third-order valence-corrected chi connectivity index (χ3v) is 3.97. The van der Waals surface area contributed by atoms with Gasteiger partial charge in [-0.3, -0.25) is 4.79 Å². The molecule has 1 aromatic rings. The van der Waals surface area contributed by atoms with E-state index in [2.05, 4.69) is 5.10 Å². The van der Waals surface area contributed by atoms with Gasteiger partial charge in [0.15, 0.2) is 5.17 Å². The molecular weight excluding hydrogens is 281 g/mol. The number of hydrogen-bond acceptors (Lipinski definition) is 4. The van der Waals surface area contributed by atoms with Gasteiger partial charge in [0.1, 0.15) is 5.37 Å². The molecule has 1 aliphatic rings. The molecule has 17 heavy (non-hydrogen) atoms. The van der Waals surface area contributed by atoms with E-state index in [4.69, 9.17) is 28.9 Å². The zero-order chi connectivity index (χ0) is 12.6. The first kappa shape index (κ1) is 12.5. The zero-order valence-corrected chi connectivity index (χ0v) is 11.2. The molecule has 0 saturated carbocycles. The van der Waals surface area contributed by atoms with E-state index in [-0.39, 0.29) is 11.3 Å². The molecule has 1 heterocycles. The Labute approximate surface area is 113 Å². The maximum atomic E-state index is 11.4. The van der Waals surface area contributed by atoms with Gasteiger partial charge in [-0.1, -0.05) is 41.0 Å². The highest BCUT2D eigenvalue weighted by atomic mass is 35.5. The smallest absolute Gasteiger partial charge is 0.241 e. The summed E-state index contributed by atoms with van der Waals surface area (Å²) in [6.45, 7) is 1.44. The minimum Gasteiger partial charge on any atom is -0.377 e. The summed E-state index contributed by atoms with van der Waals surface area (Å²) in [5.74, 6) is -0.172. The van der Waals surface area contributed by atoms with E-state index < -0.39 is 0 Å². The minimum atomic E-state index is -0.276. The predicted molar refractivity (Wildman–Crippen MR) is 70.9 cm³/mol. The quantitative estimate of drug-likeness (QED) is 0.865. The molecule has 90 valence electrons. The van der Waals surface area contributed by atoms with E-state index in [1.807, 2.05) is 0 Å². The van der Waals surface area contributed by atoms with E-state index in [9.17, 15) is 4.79 Å². The number of benzene rings is 1. The molecular formula is C10H9Cl2N3OS. The first-order chi connectivity index (χ1) is 7.99. The Morgan fingerprint density at radius 2 is 2.18 bits per heavy atom. The molecule has 1 aliphatic heterocycles. The molecule has 0 aromatic heterocycles. The number of amidine groups is 1. The average Bonchev–Trinajstić information content (AvgIpc) is 2.64. The van der Waals surface area contributed by atoms with Crippen LogP contribution in [0.1, 0.15) is 17.9 Å². The highest BCUT2D eigenvalue weighted by Gasteiger charge is 2.30. The van der Waals surface area contributed by atoms with Crippen LogP contribution in [0.4, 0.5) is 0 Å². The second kappa shape index (κ2) is 4.76. The molecule has 0 fully saturated rings. The Bertz CT molecular complexity index is 506. The summed E-state index contributed by atoms with van der Waals surface area (Å²) < 4.78 is 0. The molecule has 0 bridgehead atoms. The zero-order valence-electron chi connectivity index (χ0n) is 8.85. The topological polar surface area (TPSA) is 58.7 Å². The molecule has 0 unspecified atom stereocenters. The second-order valence-electron chi connectivity index (χ2n) is 3.45. The summed E-state index contributed by atoms with van der Waals surface area (Å²) in [7, 11) is 0. The fraction of sp³-hybridized carbons (Fsp3) is 0.200. The number of thioether (sulfide) groups is 1. The van der Waals surface area contributed by atoms with Gasteiger partial charge in [-0.25, -0.2) is 5.01 Å². The van der Waals surface area contributed by atoms with Crippen LogP contribution in [0.25, 0.3) is 0 Å². The van der Waals surface area contributed by atoms with Crippen molar-refractivity contribution in [2.75, 3.05) is 0 Å². The number of nitrogens with two attached hydrogens (primary N) is 1. The van der Waals surface area contributed by atoms with Gasteiger partial charge in [0.2, 0.25) is 5.91 Å². The highest BCUT2D eigenvalue weighted by molar-refractivity contribution is 8.14.